The molecule has 2 aliphatic carbocycles. The zero-order chi connectivity index (χ0) is 35.0. The molecule has 13 heteroatoms. The molecule has 7 unspecified atom stereocenters. The third kappa shape index (κ3) is 4.97. The van der Waals surface area contributed by atoms with Crippen LogP contribution in [-0.2, 0) is 20.9 Å². The number of fused-ring (bicyclic) bond motifs is 9. The van der Waals surface area contributed by atoms with Crippen molar-refractivity contribution in [3.8, 4) is 11.5 Å². The highest BCUT2D eigenvalue weighted by molar-refractivity contribution is 8.00. The molecule has 4 aliphatic rings. The SMILES string of the molecule is COc1ccc(C2c3sc(=O)n(CC(=O)Nc4ccc(C(=O)O)cc4)c3SC3C4CC(C5C(=O)N(c6ccc(C)cc6)C(=O)C45)C23)cc1OC. The Bertz CT molecular complexity index is 2130. The predicted molar refractivity (Wildman–Crippen MR) is 187 cm³/mol. The summed E-state index contributed by atoms with van der Waals surface area (Å²) >= 11 is 2.65. The standard InChI is InChI=1S/C37H33N3O8S2/c1-17-4-11-21(12-5-17)40-33(42)29-22-15-23(30(29)34(40)43)31-28(22)27(19-8-13-24(47-2)25(14-19)48-3)32-35(49-31)39(37(46)50-32)16-26(41)38-20-9-6-18(7-10-20)36(44)45/h4-14,22-23,27-31H,15-16H2,1-3H3,(H,38,41)(H,44,45). The fourth-order valence-electron chi connectivity index (χ4n) is 8.66. The number of hydrogen-bond acceptors (Lipinski definition) is 9. The molecule has 50 heavy (non-hydrogen) atoms. The minimum Gasteiger partial charge on any atom is -0.493 e. The van der Waals surface area contributed by atoms with E-state index in [0.717, 1.165) is 33.8 Å². The zero-order valence-electron chi connectivity index (χ0n) is 27.3. The summed E-state index contributed by atoms with van der Waals surface area (Å²) in [4.78, 5) is 68.4. The number of aromatic carboxylic acids is 1. The van der Waals surface area contributed by atoms with Gasteiger partial charge in [0.1, 0.15) is 6.54 Å². The Balaban J connectivity index is 1.18. The van der Waals surface area contributed by atoms with Gasteiger partial charge in [0, 0.05) is 21.7 Å². The number of carbonyl (C=O) groups excluding carboxylic acids is 3. The first-order chi connectivity index (χ1) is 24.1. The first kappa shape index (κ1) is 32.3. The van der Waals surface area contributed by atoms with E-state index in [-0.39, 0.29) is 57.7 Å². The lowest BCUT2D eigenvalue weighted by molar-refractivity contribution is -0.123. The lowest BCUT2D eigenvalue weighted by atomic mass is 9.68. The Morgan fingerprint density at radius 1 is 0.900 bits per heavy atom. The molecule has 8 rings (SSSR count). The van der Waals surface area contributed by atoms with Gasteiger partial charge in [0.2, 0.25) is 17.7 Å². The van der Waals surface area contributed by atoms with Crippen molar-refractivity contribution in [2.45, 2.75) is 36.1 Å². The number of thiazole rings is 1. The first-order valence-electron chi connectivity index (χ1n) is 16.3. The number of carboxylic acids is 1. The van der Waals surface area contributed by atoms with Crippen LogP contribution in [0, 0.1) is 36.5 Å². The van der Waals surface area contributed by atoms with Gasteiger partial charge in [-0.25, -0.2) is 4.79 Å². The minimum absolute atomic E-state index is 0.0420. The van der Waals surface area contributed by atoms with E-state index in [2.05, 4.69) is 5.32 Å². The van der Waals surface area contributed by atoms with Crippen LogP contribution < -0.4 is 24.6 Å². The number of thioether (sulfide) groups is 1. The molecule has 256 valence electrons. The summed E-state index contributed by atoms with van der Waals surface area (Å²) in [5.74, 6) is -2.12. The van der Waals surface area contributed by atoms with Crippen LogP contribution in [0.3, 0.4) is 0 Å². The molecule has 2 saturated carbocycles. The van der Waals surface area contributed by atoms with Crippen molar-refractivity contribution in [1.82, 2.24) is 4.57 Å². The molecule has 0 radical (unpaired) electrons. The number of anilines is 2. The van der Waals surface area contributed by atoms with E-state index in [4.69, 9.17) is 9.47 Å². The zero-order valence-corrected chi connectivity index (χ0v) is 29.0. The van der Waals surface area contributed by atoms with E-state index in [9.17, 15) is 29.1 Å². The molecule has 7 atom stereocenters. The maximum absolute atomic E-state index is 14.1. The van der Waals surface area contributed by atoms with Crippen LogP contribution in [0.2, 0.25) is 0 Å². The van der Waals surface area contributed by atoms with Crippen LogP contribution in [0.1, 0.15) is 38.7 Å². The van der Waals surface area contributed by atoms with Gasteiger partial charge in [-0.2, -0.15) is 0 Å². The number of carbonyl (C=O) groups is 4. The number of nitrogens with one attached hydrogen (secondary N) is 1. The fraction of sp³-hybridized carbons (Fsp3) is 0.324. The molecule has 2 N–H and O–H groups in total. The Morgan fingerprint density at radius 3 is 2.24 bits per heavy atom. The number of carboxylic acid groups (broad SMARTS) is 1. The van der Waals surface area contributed by atoms with Gasteiger partial charge in [-0.1, -0.05) is 35.1 Å². The summed E-state index contributed by atoms with van der Waals surface area (Å²) in [6, 6.07) is 19.0. The number of ether oxygens (including phenoxy) is 2. The van der Waals surface area contributed by atoms with E-state index in [1.807, 2.05) is 49.4 Å². The Labute approximate surface area is 295 Å². The van der Waals surface area contributed by atoms with Gasteiger partial charge in [0.05, 0.1) is 42.3 Å². The van der Waals surface area contributed by atoms with Crippen LogP contribution >= 0.6 is 23.1 Å². The Kier molecular flexibility index (Phi) is 7.87. The van der Waals surface area contributed by atoms with Crippen LogP contribution in [0.15, 0.2) is 76.6 Å². The van der Waals surface area contributed by atoms with Crippen molar-refractivity contribution in [3.63, 3.8) is 0 Å². The Morgan fingerprint density at radius 2 is 1.58 bits per heavy atom. The number of amides is 3. The quantitative estimate of drug-likeness (QED) is 0.234. The lowest BCUT2D eigenvalue weighted by Gasteiger charge is -2.43. The second-order valence-corrected chi connectivity index (χ2v) is 15.4. The third-order valence-corrected chi connectivity index (χ3v) is 13.5. The number of benzene rings is 3. The topological polar surface area (TPSA) is 144 Å². The van der Waals surface area contributed by atoms with Gasteiger partial charge >= 0.3 is 10.8 Å². The summed E-state index contributed by atoms with van der Waals surface area (Å²) < 4.78 is 12.7. The maximum Gasteiger partial charge on any atom is 0.335 e. The van der Waals surface area contributed by atoms with Gasteiger partial charge in [0.25, 0.3) is 0 Å². The summed E-state index contributed by atoms with van der Waals surface area (Å²) in [6.45, 7) is 1.72. The van der Waals surface area contributed by atoms with Crippen LogP contribution in [0.25, 0.3) is 0 Å². The normalized spacial score (nSPS) is 26.0. The average molecular weight is 712 g/mol. The van der Waals surface area contributed by atoms with Crippen molar-refractivity contribution < 1.29 is 33.8 Å². The first-order valence-corrected chi connectivity index (χ1v) is 18.0. The highest BCUT2D eigenvalue weighted by Gasteiger charge is 2.70. The maximum atomic E-state index is 14.1. The molecule has 1 aromatic heterocycles. The summed E-state index contributed by atoms with van der Waals surface area (Å²) in [5, 5.41) is 12.6. The molecular weight excluding hydrogens is 679 g/mol. The number of hydrogen-bond donors (Lipinski definition) is 2. The molecule has 3 fully saturated rings. The van der Waals surface area contributed by atoms with Crippen molar-refractivity contribution in [1.29, 1.82) is 0 Å². The number of aromatic nitrogens is 1. The number of methoxy groups -OCH3 is 2. The number of imide groups is 1. The molecule has 3 aromatic carbocycles. The Hall–Kier alpha value is -4.88. The van der Waals surface area contributed by atoms with Crippen LogP contribution in [0.5, 0.6) is 11.5 Å². The fourth-order valence-corrected chi connectivity index (χ4v) is 11.8. The molecular formula is C37H33N3O8S2. The van der Waals surface area contributed by atoms with E-state index in [0.29, 0.717) is 27.9 Å². The van der Waals surface area contributed by atoms with Crippen molar-refractivity contribution in [3.05, 3.63) is 98.0 Å². The molecule has 2 bridgehead atoms. The molecule has 3 amide bonds. The van der Waals surface area contributed by atoms with E-state index in [1.165, 1.54) is 33.7 Å². The predicted octanol–water partition coefficient (Wildman–Crippen LogP) is 5.25. The monoisotopic (exact) mass is 711 g/mol. The van der Waals surface area contributed by atoms with E-state index in [1.54, 1.807) is 26.0 Å². The molecule has 0 spiro atoms. The largest absolute Gasteiger partial charge is 0.493 e. The lowest BCUT2D eigenvalue weighted by Crippen LogP contribution is -2.43. The van der Waals surface area contributed by atoms with Crippen molar-refractivity contribution in [2.75, 3.05) is 24.4 Å². The van der Waals surface area contributed by atoms with E-state index < -0.39 is 23.7 Å². The molecule has 1 saturated heterocycles. The van der Waals surface area contributed by atoms with E-state index >= 15 is 0 Å². The molecule has 3 heterocycles. The summed E-state index contributed by atoms with van der Waals surface area (Å²) in [5.41, 5.74) is 3.04. The molecule has 4 aromatic rings. The van der Waals surface area contributed by atoms with Crippen molar-refractivity contribution >= 4 is 58.2 Å². The minimum atomic E-state index is -1.07. The number of rotatable bonds is 8. The molecule has 2 aliphatic heterocycles. The summed E-state index contributed by atoms with van der Waals surface area (Å²) in [6.07, 6.45) is 0.729. The van der Waals surface area contributed by atoms with Crippen LogP contribution in [-0.4, -0.2) is 52.8 Å². The van der Waals surface area contributed by atoms with Gasteiger partial charge in [-0.3, -0.25) is 28.6 Å². The van der Waals surface area contributed by atoms with Gasteiger partial charge < -0.3 is 19.9 Å². The third-order valence-electron chi connectivity index (χ3n) is 10.7. The van der Waals surface area contributed by atoms with Crippen molar-refractivity contribution in [2.24, 2.45) is 29.6 Å². The second kappa shape index (κ2) is 12.2. The highest BCUT2D eigenvalue weighted by atomic mass is 32.2. The van der Waals surface area contributed by atoms with Gasteiger partial charge in [-0.05, 0) is 85.2 Å². The molecule has 11 nitrogen and oxygen atoms in total. The number of aryl methyl sites for hydroxylation is 1. The summed E-state index contributed by atoms with van der Waals surface area (Å²) in [7, 11) is 3.14. The smallest absolute Gasteiger partial charge is 0.335 e. The highest BCUT2D eigenvalue weighted by Crippen LogP contribution is 2.69. The van der Waals surface area contributed by atoms with Gasteiger partial charge in [0.15, 0.2) is 11.5 Å². The van der Waals surface area contributed by atoms with Crippen LogP contribution in [0.4, 0.5) is 11.4 Å². The second-order valence-electron chi connectivity index (χ2n) is 13.3. The average Bonchev–Trinajstić information content (AvgIpc) is 3.83. The van der Waals surface area contributed by atoms with Gasteiger partial charge in [-0.15, -0.1) is 11.8 Å². The number of nitrogens with zero attached hydrogens (tertiary/aromatic N) is 2.